The van der Waals surface area contributed by atoms with Gasteiger partial charge in [0, 0.05) is 18.8 Å². The summed E-state index contributed by atoms with van der Waals surface area (Å²) < 4.78 is 0. The number of rotatable bonds is 7. The van der Waals surface area contributed by atoms with Gasteiger partial charge in [0.05, 0.1) is 0 Å². The summed E-state index contributed by atoms with van der Waals surface area (Å²) in [6.45, 7) is 4.44. The second kappa shape index (κ2) is 7.77. The van der Waals surface area contributed by atoms with Crippen LogP contribution in [0.5, 0.6) is 0 Å². The largest absolute Gasteiger partial charge is 0.357 e. The molecular formula is C17H21N7O2. The lowest BCUT2D eigenvalue weighted by molar-refractivity contribution is 0.0899. The quantitative estimate of drug-likeness (QED) is 0.507. The predicted octanol–water partition coefficient (Wildman–Crippen LogP) is 1.26. The number of nitrogens with one attached hydrogen (secondary N) is 4. The van der Waals surface area contributed by atoms with Gasteiger partial charge in [0.2, 0.25) is 5.65 Å². The Labute approximate surface area is 150 Å². The van der Waals surface area contributed by atoms with Gasteiger partial charge in [-0.1, -0.05) is 13.8 Å². The van der Waals surface area contributed by atoms with E-state index in [1.807, 2.05) is 0 Å². The van der Waals surface area contributed by atoms with Gasteiger partial charge >= 0.3 is 0 Å². The van der Waals surface area contributed by atoms with Crippen LogP contribution in [0.15, 0.2) is 30.5 Å². The van der Waals surface area contributed by atoms with E-state index >= 15 is 0 Å². The van der Waals surface area contributed by atoms with Crippen LogP contribution in [0.4, 0.5) is 0 Å². The fourth-order valence-corrected chi connectivity index (χ4v) is 2.67. The SMILES string of the molecule is CC(C)C[C@@H](CNC(=O)c1ccc2n[nH]nc2n1)NC(=O)c1ccc[nH]1. The number of hydrogen-bond acceptors (Lipinski definition) is 5. The Balaban J connectivity index is 1.62. The molecule has 1 atom stereocenters. The number of nitrogens with zero attached hydrogens (tertiary/aromatic N) is 3. The number of aromatic nitrogens is 5. The van der Waals surface area contributed by atoms with Crippen molar-refractivity contribution < 1.29 is 9.59 Å². The number of aromatic amines is 2. The minimum absolute atomic E-state index is 0.189. The maximum atomic E-state index is 12.4. The molecule has 3 aromatic heterocycles. The molecule has 9 nitrogen and oxygen atoms in total. The van der Waals surface area contributed by atoms with Gasteiger partial charge in [0.1, 0.15) is 16.9 Å². The van der Waals surface area contributed by atoms with Crippen molar-refractivity contribution in [3.05, 3.63) is 41.9 Å². The molecule has 0 radical (unpaired) electrons. The highest BCUT2D eigenvalue weighted by Crippen LogP contribution is 2.08. The second-order valence-corrected chi connectivity index (χ2v) is 6.46. The zero-order valence-electron chi connectivity index (χ0n) is 14.6. The van der Waals surface area contributed by atoms with Crippen molar-refractivity contribution in [1.82, 2.24) is 36.0 Å². The van der Waals surface area contributed by atoms with E-state index < -0.39 is 0 Å². The van der Waals surface area contributed by atoms with Crippen LogP contribution >= 0.6 is 0 Å². The van der Waals surface area contributed by atoms with E-state index in [2.05, 4.69) is 49.9 Å². The molecule has 0 aliphatic carbocycles. The minimum Gasteiger partial charge on any atom is -0.357 e. The summed E-state index contributed by atoms with van der Waals surface area (Å²) in [4.78, 5) is 31.6. The Morgan fingerprint density at radius 2 is 2.00 bits per heavy atom. The summed E-state index contributed by atoms with van der Waals surface area (Å²) in [5, 5.41) is 16.0. The molecule has 0 bridgehead atoms. The van der Waals surface area contributed by atoms with E-state index in [4.69, 9.17) is 0 Å². The van der Waals surface area contributed by atoms with Gasteiger partial charge in [-0.25, -0.2) is 4.98 Å². The van der Waals surface area contributed by atoms with Gasteiger partial charge in [-0.2, -0.15) is 10.3 Å². The summed E-state index contributed by atoms with van der Waals surface area (Å²) in [6, 6.07) is 6.55. The average Bonchev–Trinajstić information content (AvgIpc) is 3.29. The highest BCUT2D eigenvalue weighted by atomic mass is 16.2. The molecule has 9 heteroatoms. The third-order valence-electron chi connectivity index (χ3n) is 3.86. The molecular weight excluding hydrogens is 334 g/mol. The molecule has 0 fully saturated rings. The van der Waals surface area contributed by atoms with Gasteiger partial charge in [0.15, 0.2) is 0 Å². The molecule has 4 N–H and O–H groups in total. The number of pyridine rings is 1. The third-order valence-corrected chi connectivity index (χ3v) is 3.86. The maximum Gasteiger partial charge on any atom is 0.270 e. The van der Waals surface area contributed by atoms with E-state index in [-0.39, 0.29) is 23.6 Å². The zero-order valence-corrected chi connectivity index (χ0v) is 14.6. The van der Waals surface area contributed by atoms with E-state index in [1.165, 1.54) is 0 Å². The van der Waals surface area contributed by atoms with Crippen molar-refractivity contribution in [3.63, 3.8) is 0 Å². The number of fused-ring (bicyclic) bond motifs is 1. The fraction of sp³-hybridized carbons (Fsp3) is 0.353. The van der Waals surface area contributed by atoms with Gasteiger partial charge in [-0.3, -0.25) is 9.59 Å². The summed E-state index contributed by atoms with van der Waals surface area (Å²) in [7, 11) is 0. The van der Waals surface area contributed by atoms with Crippen molar-refractivity contribution in [2.24, 2.45) is 5.92 Å². The summed E-state index contributed by atoms with van der Waals surface area (Å²) in [5.41, 5.74) is 1.72. The first-order valence-electron chi connectivity index (χ1n) is 8.43. The van der Waals surface area contributed by atoms with Gasteiger partial charge in [0.25, 0.3) is 11.8 Å². The van der Waals surface area contributed by atoms with Gasteiger partial charge in [-0.05, 0) is 36.6 Å². The number of carbonyl (C=O) groups is 2. The summed E-state index contributed by atoms with van der Waals surface area (Å²) >= 11 is 0. The molecule has 0 aliphatic heterocycles. The molecule has 0 saturated heterocycles. The zero-order chi connectivity index (χ0) is 18.5. The van der Waals surface area contributed by atoms with Crippen LogP contribution < -0.4 is 10.6 Å². The van der Waals surface area contributed by atoms with Gasteiger partial charge < -0.3 is 15.6 Å². The predicted molar refractivity (Wildman–Crippen MR) is 95.5 cm³/mol. The van der Waals surface area contributed by atoms with E-state index in [9.17, 15) is 9.59 Å². The molecule has 3 heterocycles. The summed E-state index contributed by atoms with van der Waals surface area (Å²) in [6.07, 6.45) is 2.43. The van der Waals surface area contributed by atoms with E-state index in [1.54, 1.807) is 30.5 Å². The Morgan fingerprint density at radius 3 is 2.73 bits per heavy atom. The molecule has 136 valence electrons. The lowest BCUT2D eigenvalue weighted by atomic mass is 10.0. The molecule has 3 rings (SSSR count). The number of hydrogen-bond donors (Lipinski definition) is 4. The number of H-pyrrole nitrogens is 2. The van der Waals surface area contributed by atoms with Crippen molar-refractivity contribution in [2.75, 3.05) is 6.54 Å². The molecule has 3 aromatic rings. The van der Waals surface area contributed by atoms with Crippen molar-refractivity contribution in [1.29, 1.82) is 0 Å². The van der Waals surface area contributed by atoms with Crippen LogP contribution in [0.1, 0.15) is 41.2 Å². The number of amides is 2. The van der Waals surface area contributed by atoms with Crippen LogP contribution in [0.25, 0.3) is 11.2 Å². The van der Waals surface area contributed by atoms with Crippen LogP contribution in [0, 0.1) is 5.92 Å². The molecule has 0 aromatic carbocycles. The highest BCUT2D eigenvalue weighted by Gasteiger charge is 2.18. The lowest BCUT2D eigenvalue weighted by Crippen LogP contribution is -2.44. The normalized spacial score (nSPS) is 12.3. The topological polar surface area (TPSA) is 128 Å². The highest BCUT2D eigenvalue weighted by molar-refractivity contribution is 5.94. The van der Waals surface area contributed by atoms with E-state index in [0.717, 1.165) is 6.42 Å². The standard InChI is InChI=1S/C17H21N7O2/c1-10(2)8-11(20-17(26)13-4-3-7-18-13)9-19-16(25)14-6-5-12-15(21-14)23-24-22-12/h3-7,10-11,18H,8-9H2,1-2H3,(H,19,25)(H,20,26)(H,21,22,23,24)/t11-/m0/s1. The van der Waals surface area contributed by atoms with Crippen LogP contribution in [-0.2, 0) is 0 Å². The Bertz CT molecular complexity index is 886. The van der Waals surface area contributed by atoms with Crippen LogP contribution in [-0.4, -0.2) is 49.8 Å². The monoisotopic (exact) mass is 355 g/mol. The smallest absolute Gasteiger partial charge is 0.270 e. The minimum atomic E-state index is -0.322. The van der Waals surface area contributed by atoms with E-state index in [0.29, 0.717) is 29.3 Å². The summed E-state index contributed by atoms with van der Waals surface area (Å²) in [5.74, 6) is -0.153. The second-order valence-electron chi connectivity index (χ2n) is 6.46. The van der Waals surface area contributed by atoms with Crippen molar-refractivity contribution in [3.8, 4) is 0 Å². The van der Waals surface area contributed by atoms with Crippen molar-refractivity contribution >= 4 is 23.0 Å². The fourth-order valence-electron chi connectivity index (χ4n) is 2.67. The Kier molecular flexibility index (Phi) is 5.26. The van der Waals surface area contributed by atoms with Crippen molar-refractivity contribution in [2.45, 2.75) is 26.3 Å². The van der Waals surface area contributed by atoms with Crippen LogP contribution in [0.2, 0.25) is 0 Å². The molecule has 2 amide bonds. The average molecular weight is 355 g/mol. The third kappa shape index (κ3) is 4.24. The first-order chi connectivity index (χ1) is 12.5. The van der Waals surface area contributed by atoms with Crippen LogP contribution in [0.3, 0.4) is 0 Å². The number of carbonyl (C=O) groups excluding carboxylic acids is 2. The molecule has 0 saturated carbocycles. The first-order valence-corrected chi connectivity index (χ1v) is 8.43. The molecule has 0 aliphatic rings. The van der Waals surface area contributed by atoms with Gasteiger partial charge in [-0.15, -0.1) is 5.10 Å². The lowest BCUT2D eigenvalue weighted by Gasteiger charge is -2.21. The molecule has 0 spiro atoms. The molecule has 0 unspecified atom stereocenters. The Hall–Kier alpha value is -3.23. The Morgan fingerprint density at radius 1 is 1.15 bits per heavy atom. The first kappa shape index (κ1) is 17.6. The maximum absolute atomic E-state index is 12.4. The molecule has 26 heavy (non-hydrogen) atoms.